The normalized spacial score (nSPS) is 17.7. The highest BCUT2D eigenvalue weighted by molar-refractivity contribution is 5.83. The first-order chi connectivity index (χ1) is 13.6. The molecule has 2 atom stereocenters. The molecule has 2 amide bonds. The number of hydrogen-bond donors (Lipinski definition) is 2. The van der Waals surface area contributed by atoms with Gasteiger partial charge in [0.15, 0.2) is 0 Å². The van der Waals surface area contributed by atoms with E-state index in [1.807, 2.05) is 19.1 Å². The highest BCUT2D eigenvalue weighted by Crippen LogP contribution is 2.22. The molecule has 0 saturated heterocycles. The van der Waals surface area contributed by atoms with Crippen LogP contribution < -0.4 is 10.6 Å². The van der Waals surface area contributed by atoms with Crippen molar-refractivity contribution in [3.8, 4) is 0 Å². The third-order valence-electron chi connectivity index (χ3n) is 5.74. The van der Waals surface area contributed by atoms with Crippen LogP contribution >= 0.6 is 0 Å². The maximum absolute atomic E-state index is 12.4. The molecular weight excluding hydrogens is 346 g/mol. The van der Waals surface area contributed by atoms with Gasteiger partial charge in [0.2, 0.25) is 0 Å². The molecule has 1 aliphatic rings. The van der Waals surface area contributed by atoms with Gasteiger partial charge in [-0.25, -0.2) is 4.79 Å². The molecule has 2 N–H and O–H groups in total. The average Bonchev–Trinajstić information content (AvgIpc) is 2.71. The number of nitrogens with zero attached hydrogens (tertiary/aromatic N) is 1. The molecule has 4 nitrogen and oxygen atoms in total. The van der Waals surface area contributed by atoms with Gasteiger partial charge in [-0.05, 0) is 53.9 Å². The highest BCUT2D eigenvalue weighted by atomic mass is 16.2. The Bertz CT molecular complexity index is 984. The van der Waals surface area contributed by atoms with Crippen LogP contribution in [0.4, 0.5) is 4.79 Å². The van der Waals surface area contributed by atoms with Gasteiger partial charge in [-0.1, -0.05) is 60.7 Å². The van der Waals surface area contributed by atoms with Crippen LogP contribution in [0.2, 0.25) is 0 Å². The van der Waals surface area contributed by atoms with E-state index in [9.17, 15) is 4.79 Å². The predicted octanol–water partition coefficient (Wildman–Crippen LogP) is 4.26. The number of hydrogen-bond acceptors (Lipinski definition) is 2. The summed E-state index contributed by atoms with van der Waals surface area (Å²) >= 11 is 0. The largest absolute Gasteiger partial charge is 0.337 e. The molecule has 1 aliphatic heterocycles. The lowest BCUT2D eigenvalue weighted by atomic mass is 9.94. The van der Waals surface area contributed by atoms with E-state index >= 15 is 0 Å². The van der Waals surface area contributed by atoms with Gasteiger partial charge in [-0.3, -0.25) is 4.90 Å². The van der Waals surface area contributed by atoms with Gasteiger partial charge in [-0.2, -0.15) is 0 Å². The summed E-state index contributed by atoms with van der Waals surface area (Å²) in [7, 11) is 2.12. The minimum atomic E-state index is -0.118. The summed E-state index contributed by atoms with van der Waals surface area (Å²) in [6, 6.07) is 23.3. The topological polar surface area (TPSA) is 44.4 Å². The Kier molecular flexibility index (Phi) is 5.31. The molecule has 0 radical (unpaired) electrons. The van der Waals surface area contributed by atoms with Crippen LogP contribution in [0, 0.1) is 0 Å². The van der Waals surface area contributed by atoms with Gasteiger partial charge < -0.3 is 10.6 Å². The van der Waals surface area contributed by atoms with E-state index in [0.717, 1.165) is 18.5 Å². The highest BCUT2D eigenvalue weighted by Gasteiger charge is 2.23. The van der Waals surface area contributed by atoms with Crippen molar-refractivity contribution in [1.82, 2.24) is 15.5 Å². The third kappa shape index (κ3) is 4.02. The van der Waals surface area contributed by atoms with E-state index in [1.165, 1.54) is 21.9 Å². The molecule has 1 heterocycles. The van der Waals surface area contributed by atoms with Gasteiger partial charge in [0.25, 0.3) is 0 Å². The Morgan fingerprint density at radius 3 is 2.57 bits per heavy atom. The van der Waals surface area contributed by atoms with Gasteiger partial charge >= 0.3 is 6.03 Å². The molecule has 0 saturated carbocycles. The lowest BCUT2D eigenvalue weighted by Gasteiger charge is -2.34. The van der Waals surface area contributed by atoms with Crippen molar-refractivity contribution in [2.24, 2.45) is 0 Å². The fourth-order valence-corrected chi connectivity index (χ4v) is 3.97. The fourth-order valence-electron chi connectivity index (χ4n) is 3.97. The molecule has 144 valence electrons. The summed E-state index contributed by atoms with van der Waals surface area (Å²) in [5.74, 6) is 0. The molecule has 0 spiro atoms. The van der Waals surface area contributed by atoms with Crippen LogP contribution in [0.1, 0.15) is 29.7 Å². The minimum absolute atomic E-state index is 0.0468. The van der Waals surface area contributed by atoms with E-state index in [1.54, 1.807) is 0 Å². The van der Waals surface area contributed by atoms with Crippen LogP contribution in [0.15, 0.2) is 66.7 Å². The number of carbonyl (C=O) groups excluding carboxylic acids is 1. The fraction of sp³-hybridized carbons (Fsp3) is 0.292. The predicted molar refractivity (Wildman–Crippen MR) is 114 cm³/mol. The van der Waals surface area contributed by atoms with Crippen LogP contribution in [0.25, 0.3) is 10.8 Å². The first-order valence-electron chi connectivity index (χ1n) is 9.90. The monoisotopic (exact) mass is 373 g/mol. The zero-order valence-electron chi connectivity index (χ0n) is 16.5. The molecule has 4 heteroatoms. The van der Waals surface area contributed by atoms with Gasteiger partial charge in [0.1, 0.15) is 0 Å². The molecule has 28 heavy (non-hydrogen) atoms. The van der Waals surface area contributed by atoms with E-state index in [0.29, 0.717) is 12.6 Å². The van der Waals surface area contributed by atoms with Crippen molar-refractivity contribution in [1.29, 1.82) is 0 Å². The molecule has 3 aromatic rings. The summed E-state index contributed by atoms with van der Waals surface area (Å²) in [5.41, 5.74) is 3.88. The van der Waals surface area contributed by atoms with Crippen molar-refractivity contribution < 1.29 is 4.79 Å². The Labute approximate surface area is 166 Å². The quantitative estimate of drug-likeness (QED) is 0.718. The number of nitrogens with one attached hydrogen (secondary N) is 2. The second kappa shape index (κ2) is 8.03. The minimum Gasteiger partial charge on any atom is -0.337 e. The molecular formula is C24H27N3O. The molecule has 3 aromatic carbocycles. The number of fused-ring (bicyclic) bond motifs is 2. The standard InChI is InChI=1S/C24H27N3O/c1-17(19-12-11-18-7-3-4-8-20(18)13-19)26-24(28)25-15-23-14-21-9-5-6-10-22(21)16-27(23)2/h3-13,17,23H,14-16H2,1-2H3,(H2,25,26,28). The lowest BCUT2D eigenvalue weighted by molar-refractivity contribution is 0.202. The zero-order valence-corrected chi connectivity index (χ0v) is 16.5. The maximum Gasteiger partial charge on any atom is 0.315 e. The smallest absolute Gasteiger partial charge is 0.315 e. The van der Waals surface area contributed by atoms with E-state index < -0.39 is 0 Å². The number of carbonyl (C=O) groups is 1. The van der Waals surface area contributed by atoms with Crippen molar-refractivity contribution in [2.75, 3.05) is 13.6 Å². The number of likely N-dealkylation sites (N-methyl/N-ethyl adjacent to an activating group) is 1. The number of rotatable bonds is 4. The first-order valence-corrected chi connectivity index (χ1v) is 9.90. The number of amides is 2. The second-order valence-electron chi connectivity index (χ2n) is 7.72. The Hall–Kier alpha value is -2.85. The zero-order chi connectivity index (χ0) is 19.5. The summed E-state index contributed by atoms with van der Waals surface area (Å²) < 4.78 is 0. The van der Waals surface area contributed by atoms with E-state index in [4.69, 9.17) is 0 Å². The SMILES string of the molecule is CC(NC(=O)NCC1Cc2ccccc2CN1C)c1ccc2ccccc2c1. The Balaban J connectivity index is 1.34. The van der Waals surface area contributed by atoms with Crippen LogP contribution in [-0.2, 0) is 13.0 Å². The van der Waals surface area contributed by atoms with Crippen LogP contribution in [-0.4, -0.2) is 30.6 Å². The van der Waals surface area contributed by atoms with Crippen molar-refractivity contribution in [3.63, 3.8) is 0 Å². The summed E-state index contributed by atoms with van der Waals surface area (Å²) in [4.78, 5) is 14.8. The van der Waals surface area contributed by atoms with E-state index in [2.05, 4.69) is 77.2 Å². The molecule has 0 fully saturated rings. The van der Waals surface area contributed by atoms with Crippen molar-refractivity contribution >= 4 is 16.8 Å². The molecule has 4 rings (SSSR count). The van der Waals surface area contributed by atoms with Crippen LogP contribution in [0.5, 0.6) is 0 Å². The number of urea groups is 1. The summed E-state index contributed by atoms with van der Waals surface area (Å²) in [5, 5.41) is 8.53. The number of benzene rings is 3. The van der Waals surface area contributed by atoms with Gasteiger partial charge in [0.05, 0.1) is 6.04 Å². The molecule has 2 unspecified atom stereocenters. The van der Waals surface area contributed by atoms with Gasteiger partial charge in [-0.15, -0.1) is 0 Å². The first kappa shape index (κ1) is 18.5. The lowest BCUT2D eigenvalue weighted by Crippen LogP contribution is -2.48. The Morgan fingerprint density at radius 1 is 1.04 bits per heavy atom. The van der Waals surface area contributed by atoms with Crippen LogP contribution in [0.3, 0.4) is 0 Å². The maximum atomic E-state index is 12.4. The molecule has 0 aliphatic carbocycles. The van der Waals surface area contributed by atoms with E-state index in [-0.39, 0.29) is 12.1 Å². The Morgan fingerprint density at radius 2 is 1.75 bits per heavy atom. The van der Waals surface area contributed by atoms with Crippen molar-refractivity contribution in [3.05, 3.63) is 83.4 Å². The molecule has 0 aromatic heterocycles. The second-order valence-corrected chi connectivity index (χ2v) is 7.72. The average molecular weight is 374 g/mol. The third-order valence-corrected chi connectivity index (χ3v) is 5.74. The van der Waals surface area contributed by atoms with Crippen molar-refractivity contribution in [2.45, 2.75) is 32.0 Å². The van der Waals surface area contributed by atoms with Gasteiger partial charge in [0, 0.05) is 19.1 Å². The summed E-state index contributed by atoms with van der Waals surface area (Å²) in [6.45, 7) is 3.59. The summed E-state index contributed by atoms with van der Waals surface area (Å²) in [6.07, 6.45) is 0.965. The molecule has 0 bridgehead atoms.